The minimum Gasteiger partial charge on any atom is -0.497 e. The average Bonchev–Trinajstić information content (AvgIpc) is 2.92. The number of methoxy groups -OCH3 is 1. The number of hydrogen-bond acceptors (Lipinski definition) is 2. The highest BCUT2D eigenvalue weighted by Crippen LogP contribution is 2.54. The van der Waals surface area contributed by atoms with E-state index in [1.54, 1.807) is 7.11 Å². The van der Waals surface area contributed by atoms with Crippen molar-refractivity contribution in [3.63, 3.8) is 0 Å². The van der Waals surface area contributed by atoms with Gasteiger partial charge < -0.3 is 9.30 Å². The normalized spacial score (nSPS) is 24.8. The Morgan fingerprint density at radius 1 is 1.05 bits per heavy atom. The fourth-order valence-electron chi connectivity index (χ4n) is 2.60. The Hall–Kier alpha value is -1.79. The lowest BCUT2D eigenvalue weighted by atomic mass is 10.0. The van der Waals surface area contributed by atoms with Crippen LogP contribution in [0.15, 0.2) is 66.5 Å². The van der Waals surface area contributed by atoms with E-state index in [0.29, 0.717) is 6.16 Å². The van der Waals surface area contributed by atoms with Crippen LogP contribution in [-0.4, -0.2) is 13.3 Å². The summed E-state index contributed by atoms with van der Waals surface area (Å²) < 4.78 is 18.2. The van der Waals surface area contributed by atoms with E-state index in [0.717, 1.165) is 11.1 Å². The average molecular weight is 284 g/mol. The predicted molar refractivity (Wildman–Crippen MR) is 83.4 cm³/mol. The molecule has 2 aromatic rings. The summed E-state index contributed by atoms with van der Waals surface area (Å²) in [5.41, 5.74) is 1.19. The van der Waals surface area contributed by atoms with E-state index in [1.807, 2.05) is 48.3 Å². The molecule has 0 amide bonds. The largest absolute Gasteiger partial charge is 0.497 e. The molecule has 2 nitrogen and oxygen atoms in total. The van der Waals surface area contributed by atoms with Crippen molar-refractivity contribution < 1.29 is 9.30 Å². The van der Waals surface area contributed by atoms with Gasteiger partial charge in [-0.25, -0.2) is 0 Å². The Kier molecular flexibility index (Phi) is 3.50. The molecular weight excluding hydrogens is 267 g/mol. The molecule has 2 atom stereocenters. The fraction of sp³-hybridized carbons (Fsp3) is 0.176. The van der Waals surface area contributed by atoms with Crippen molar-refractivity contribution in [1.82, 2.24) is 0 Å². The second kappa shape index (κ2) is 5.30. The second-order valence-electron chi connectivity index (χ2n) is 5.03. The van der Waals surface area contributed by atoms with Gasteiger partial charge in [-0.2, -0.15) is 0 Å². The lowest BCUT2D eigenvalue weighted by molar-refractivity contribution is 0.414. The van der Waals surface area contributed by atoms with Crippen molar-refractivity contribution in [3.05, 3.63) is 72.1 Å². The van der Waals surface area contributed by atoms with Gasteiger partial charge in [-0.3, -0.25) is 0 Å². The van der Waals surface area contributed by atoms with E-state index < -0.39 is 7.14 Å². The summed E-state index contributed by atoms with van der Waals surface area (Å²) in [5, 5.41) is 0.951. The summed E-state index contributed by atoms with van der Waals surface area (Å²) in [6.07, 6.45) is 2.76. The van der Waals surface area contributed by atoms with Crippen LogP contribution in [-0.2, 0) is 4.57 Å². The van der Waals surface area contributed by atoms with E-state index in [2.05, 4.69) is 18.2 Å². The lowest BCUT2D eigenvalue weighted by Crippen LogP contribution is -2.06. The molecule has 0 N–H and O–H groups in total. The molecular formula is C17H17O2P. The zero-order valence-corrected chi connectivity index (χ0v) is 12.3. The fourth-order valence-corrected chi connectivity index (χ4v) is 5.18. The Bertz CT molecular complexity index is 659. The number of allylic oxidation sites excluding steroid dienone is 1. The molecule has 2 aromatic carbocycles. The van der Waals surface area contributed by atoms with Crippen LogP contribution >= 0.6 is 7.14 Å². The van der Waals surface area contributed by atoms with Crippen LogP contribution in [0.25, 0.3) is 0 Å². The maximum Gasteiger partial charge on any atom is 0.137 e. The Labute approximate surface area is 119 Å². The van der Waals surface area contributed by atoms with Crippen molar-refractivity contribution in [3.8, 4) is 5.75 Å². The third kappa shape index (κ3) is 2.44. The Morgan fingerprint density at radius 2 is 1.75 bits per heavy atom. The topological polar surface area (TPSA) is 26.3 Å². The molecule has 102 valence electrons. The highest BCUT2D eigenvalue weighted by molar-refractivity contribution is 7.74. The third-order valence-corrected chi connectivity index (χ3v) is 6.53. The first-order chi connectivity index (χ1) is 9.71. The highest BCUT2D eigenvalue weighted by atomic mass is 31.2. The first-order valence-electron chi connectivity index (χ1n) is 6.69. The molecule has 0 radical (unpaired) electrons. The summed E-state index contributed by atoms with van der Waals surface area (Å²) >= 11 is 0. The number of rotatable bonds is 3. The Morgan fingerprint density at radius 3 is 2.40 bits per heavy atom. The molecule has 0 bridgehead atoms. The van der Waals surface area contributed by atoms with Crippen LogP contribution < -0.4 is 10.0 Å². The van der Waals surface area contributed by atoms with Gasteiger partial charge in [0.2, 0.25) is 0 Å². The lowest BCUT2D eigenvalue weighted by Gasteiger charge is -2.14. The molecule has 0 spiro atoms. The van der Waals surface area contributed by atoms with E-state index in [9.17, 15) is 4.57 Å². The minimum atomic E-state index is -2.37. The van der Waals surface area contributed by atoms with Gasteiger partial charge in [0.15, 0.2) is 0 Å². The van der Waals surface area contributed by atoms with Crippen LogP contribution in [0.1, 0.15) is 11.5 Å². The van der Waals surface area contributed by atoms with Gasteiger partial charge in [-0.05, 0) is 23.5 Å². The summed E-state index contributed by atoms with van der Waals surface area (Å²) in [6, 6.07) is 17.8. The van der Waals surface area contributed by atoms with Crippen LogP contribution in [0.3, 0.4) is 0 Å². The van der Waals surface area contributed by atoms with Crippen molar-refractivity contribution in [1.29, 1.82) is 0 Å². The number of benzene rings is 2. The molecule has 0 aromatic heterocycles. The zero-order chi connectivity index (χ0) is 14.0. The molecule has 3 rings (SSSR count). The molecule has 1 heterocycles. The van der Waals surface area contributed by atoms with Crippen molar-refractivity contribution in [2.24, 2.45) is 0 Å². The molecule has 20 heavy (non-hydrogen) atoms. The van der Waals surface area contributed by atoms with Crippen LogP contribution in [0.5, 0.6) is 5.75 Å². The van der Waals surface area contributed by atoms with Gasteiger partial charge in [0.25, 0.3) is 0 Å². The van der Waals surface area contributed by atoms with Gasteiger partial charge in [-0.15, -0.1) is 0 Å². The summed E-state index contributed by atoms with van der Waals surface area (Å²) in [6.45, 7) is 0. The highest BCUT2D eigenvalue weighted by Gasteiger charge is 2.31. The maximum atomic E-state index is 13.0. The van der Waals surface area contributed by atoms with Gasteiger partial charge >= 0.3 is 0 Å². The Balaban J connectivity index is 1.83. The summed E-state index contributed by atoms with van der Waals surface area (Å²) in [7, 11) is -0.714. The summed E-state index contributed by atoms with van der Waals surface area (Å²) in [5.74, 6) is 2.99. The molecule has 0 saturated carbocycles. The van der Waals surface area contributed by atoms with Gasteiger partial charge in [0.1, 0.15) is 12.9 Å². The quantitative estimate of drug-likeness (QED) is 0.796. The van der Waals surface area contributed by atoms with E-state index in [-0.39, 0.29) is 5.92 Å². The van der Waals surface area contributed by atoms with Crippen LogP contribution in [0.2, 0.25) is 0 Å². The van der Waals surface area contributed by atoms with Crippen molar-refractivity contribution in [2.75, 3.05) is 13.3 Å². The standard InChI is InChI=1S/C17H17O2P/c1-19-16-9-7-14(8-10-16)15-11-12-20(18,13-15)17-5-3-2-4-6-17/h2-12,15H,13H2,1H3/t15-,20+/m1/s1. The molecule has 0 aliphatic carbocycles. The SMILES string of the molecule is COc1ccc([C@@H]2C=C[P@@](=O)(c3ccccc3)C2)cc1. The smallest absolute Gasteiger partial charge is 0.137 e. The molecule has 1 aliphatic heterocycles. The first-order valence-corrected chi connectivity index (χ1v) is 8.65. The van der Waals surface area contributed by atoms with Crippen molar-refractivity contribution in [2.45, 2.75) is 5.92 Å². The van der Waals surface area contributed by atoms with E-state index in [1.165, 1.54) is 5.56 Å². The minimum absolute atomic E-state index is 0.229. The number of ether oxygens (including phenoxy) is 1. The van der Waals surface area contributed by atoms with Crippen molar-refractivity contribution >= 4 is 12.4 Å². The molecule has 3 heteroatoms. The maximum absolute atomic E-state index is 13.0. The summed E-state index contributed by atoms with van der Waals surface area (Å²) in [4.78, 5) is 0. The second-order valence-corrected chi connectivity index (χ2v) is 7.81. The third-order valence-electron chi connectivity index (χ3n) is 3.76. The predicted octanol–water partition coefficient (Wildman–Crippen LogP) is 3.99. The molecule has 1 aliphatic rings. The van der Waals surface area contributed by atoms with E-state index >= 15 is 0 Å². The van der Waals surface area contributed by atoms with Crippen LogP contribution in [0.4, 0.5) is 0 Å². The first kappa shape index (κ1) is 13.2. The van der Waals surface area contributed by atoms with E-state index in [4.69, 9.17) is 4.74 Å². The van der Waals surface area contributed by atoms with Crippen LogP contribution in [0, 0.1) is 0 Å². The van der Waals surface area contributed by atoms with Gasteiger partial charge in [0.05, 0.1) is 7.11 Å². The zero-order valence-electron chi connectivity index (χ0n) is 11.4. The molecule has 0 saturated heterocycles. The van der Waals surface area contributed by atoms with Gasteiger partial charge in [-0.1, -0.05) is 48.5 Å². The number of hydrogen-bond donors (Lipinski definition) is 0. The van der Waals surface area contributed by atoms with Gasteiger partial charge in [0, 0.05) is 17.4 Å². The monoisotopic (exact) mass is 284 g/mol. The molecule has 0 fully saturated rings. The molecule has 0 unspecified atom stereocenters.